The second-order valence-electron chi connectivity index (χ2n) is 2.95. The van der Waals surface area contributed by atoms with Crippen LogP contribution in [0.1, 0.15) is 12.0 Å². The molecule has 2 heteroatoms. The summed E-state index contributed by atoms with van der Waals surface area (Å²) < 4.78 is 25.8. The summed E-state index contributed by atoms with van der Waals surface area (Å²) in [7, 11) is 0. The van der Waals surface area contributed by atoms with Crippen LogP contribution in [0, 0.1) is 11.6 Å². The Morgan fingerprint density at radius 3 is 2.62 bits per heavy atom. The van der Waals surface area contributed by atoms with Gasteiger partial charge in [0, 0.05) is 11.6 Å². The van der Waals surface area contributed by atoms with Crippen molar-refractivity contribution in [1.82, 2.24) is 0 Å². The molecule has 0 fully saturated rings. The third kappa shape index (κ3) is 1.52. The van der Waals surface area contributed by atoms with Crippen molar-refractivity contribution in [3.63, 3.8) is 0 Å². The predicted molar refractivity (Wildman–Crippen MR) is 48.1 cm³/mol. The lowest BCUT2D eigenvalue weighted by atomic mass is 10.0. The number of benzene rings is 1. The number of halogens is 2. The lowest BCUT2D eigenvalue weighted by Crippen LogP contribution is -1.88. The highest BCUT2D eigenvalue weighted by molar-refractivity contribution is 5.71. The Morgan fingerprint density at radius 1 is 1.15 bits per heavy atom. The van der Waals surface area contributed by atoms with Gasteiger partial charge in [-0.05, 0) is 24.1 Å². The average Bonchev–Trinajstić information content (AvgIpc) is 2.56. The molecule has 0 N–H and O–H groups in total. The third-order valence-corrected chi connectivity index (χ3v) is 2.05. The van der Waals surface area contributed by atoms with E-state index in [9.17, 15) is 8.78 Å². The molecule has 0 radical (unpaired) electrons. The van der Waals surface area contributed by atoms with E-state index in [-0.39, 0.29) is 0 Å². The summed E-state index contributed by atoms with van der Waals surface area (Å²) in [5.74, 6) is -1.03. The number of hydrogen-bond acceptors (Lipinski definition) is 0. The van der Waals surface area contributed by atoms with Gasteiger partial charge in [0.15, 0.2) is 0 Å². The molecule has 0 spiro atoms. The van der Waals surface area contributed by atoms with Crippen LogP contribution in [0.5, 0.6) is 0 Å². The number of rotatable bonds is 1. The predicted octanol–water partition coefficient (Wildman–Crippen LogP) is 3.31. The molecule has 0 aliphatic heterocycles. The van der Waals surface area contributed by atoms with Crippen LogP contribution in [-0.2, 0) is 0 Å². The molecule has 2 rings (SSSR count). The Hall–Kier alpha value is -1.44. The van der Waals surface area contributed by atoms with Crippen molar-refractivity contribution < 1.29 is 8.78 Å². The maximum absolute atomic E-state index is 13.2. The summed E-state index contributed by atoms with van der Waals surface area (Å²) in [6.07, 6.45) is 6.38. The molecule has 1 aromatic carbocycles. The van der Waals surface area contributed by atoms with Gasteiger partial charge in [-0.15, -0.1) is 0 Å². The smallest absolute Gasteiger partial charge is 0.133 e. The van der Waals surface area contributed by atoms with E-state index in [0.29, 0.717) is 5.56 Å². The normalized spacial score (nSPS) is 14.8. The molecule has 66 valence electrons. The maximum Gasteiger partial charge on any atom is 0.133 e. The maximum atomic E-state index is 13.2. The van der Waals surface area contributed by atoms with Gasteiger partial charge in [-0.2, -0.15) is 0 Å². The Kier molecular flexibility index (Phi) is 1.97. The fourth-order valence-corrected chi connectivity index (χ4v) is 1.40. The van der Waals surface area contributed by atoms with Crippen molar-refractivity contribution in [3.8, 4) is 0 Å². The Labute approximate surface area is 75.2 Å². The Bertz CT molecular complexity index is 389. The van der Waals surface area contributed by atoms with Crippen LogP contribution in [0.2, 0.25) is 0 Å². The zero-order valence-electron chi connectivity index (χ0n) is 6.93. The van der Waals surface area contributed by atoms with Gasteiger partial charge in [0.1, 0.15) is 11.6 Å². The molecule has 1 aromatic rings. The molecule has 0 nitrogen and oxygen atoms in total. The van der Waals surface area contributed by atoms with Crippen LogP contribution < -0.4 is 0 Å². The van der Waals surface area contributed by atoms with Crippen LogP contribution in [0.3, 0.4) is 0 Å². The van der Waals surface area contributed by atoms with Crippen molar-refractivity contribution in [2.75, 3.05) is 0 Å². The minimum absolute atomic E-state index is 0.491. The van der Waals surface area contributed by atoms with Gasteiger partial charge in [-0.3, -0.25) is 0 Å². The van der Waals surface area contributed by atoms with Crippen molar-refractivity contribution in [1.29, 1.82) is 0 Å². The average molecular weight is 178 g/mol. The minimum atomic E-state index is -0.534. The topological polar surface area (TPSA) is 0 Å². The molecule has 0 atom stereocenters. The van der Waals surface area contributed by atoms with Crippen LogP contribution >= 0.6 is 0 Å². The third-order valence-electron chi connectivity index (χ3n) is 2.05. The second kappa shape index (κ2) is 3.13. The van der Waals surface area contributed by atoms with Crippen LogP contribution in [0.4, 0.5) is 8.78 Å². The van der Waals surface area contributed by atoms with Crippen molar-refractivity contribution in [3.05, 3.63) is 53.6 Å². The summed E-state index contributed by atoms with van der Waals surface area (Å²) in [5, 5.41) is 0. The number of allylic oxidation sites excluding steroid dienone is 4. The minimum Gasteiger partial charge on any atom is -0.207 e. The SMILES string of the molecule is Fc1ccc(C2=CC=CC2)c(F)c1. The van der Waals surface area contributed by atoms with Gasteiger partial charge >= 0.3 is 0 Å². The van der Waals surface area contributed by atoms with Gasteiger partial charge in [0.2, 0.25) is 0 Å². The van der Waals surface area contributed by atoms with E-state index in [2.05, 4.69) is 0 Å². The van der Waals surface area contributed by atoms with Gasteiger partial charge in [0.05, 0.1) is 0 Å². The van der Waals surface area contributed by atoms with Crippen LogP contribution in [0.15, 0.2) is 36.4 Å². The molecule has 0 saturated heterocycles. The standard InChI is InChI=1S/C11H8F2/c12-9-5-6-10(11(13)7-9)8-3-1-2-4-8/h1-3,5-7H,4H2. The van der Waals surface area contributed by atoms with Crippen LogP contribution in [0.25, 0.3) is 5.57 Å². The molecule has 1 aliphatic carbocycles. The van der Waals surface area contributed by atoms with Gasteiger partial charge in [0.25, 0.3) is 0 Å². The molecule has 0 bridgehead atoms. The van der Waals surface area contributed by atoms with Gasteiger partial charge in [-0.1, -0.05) is 18.2 Å². The number of hydrogen-bond donors (Lipinski definition) is 0. The van der Waals surface area contributed by atoms with E-state index >= 15 is 0 Å². The Balaban J connectivity index is 2.41. The first-order valence-electron chi connectivity index (χ1n) is 4.08. The fraction of sp³-hybridized carbons (Fsp3) is 0.0909. The zero-order chi connectivity index (χ0) is 9.26. The van der Waals surface area contributed by atoms with E-state index in [1.165, 1.54) is 12.1 Å². The molecule has 13 heavy (non-hydrogen) atoms. The molecular weight excluding hydrogens is 170 g/mol. The summed E-state index contributed by atoms with van der Waals surface area (Å²) in [4.78, 5) is 0. The van der Waals surface area contributed by atoms with Crippen molar-refractivity contribution in [2.24, 2.45) is 0 Å². The summed E-state index contributed by atoms with van der Waals surface area (Å²) in [6.45, 7) is 0. The zero-order valence-corrected chi connectivity index (χ0v) is 6.93. The van der Waals surface area contributed by atoms with E-state index < -0.39 is 11.6 Å². The van der Waals surface area contributed by atoms with Gasteiger partial charge < -0.3 is 0 Å². The lowest BCUT2D eigenvalue weighted by Gasteiger charge is -2.03. The van der Waals surface area contributed by atoms with Gasteiger partial charge in [-0.25, -0.2) is 8.78 Å². The van der Waals surface area contributed by atoms with E-state index in [0.717, 1.165) is 18.1 Å². The highest BCUT2D eigenvalue weighted by Gasteiger charge is 2.09. The highest BCUT2D eigenvalue weighted by Crippen LogP contribution is 2.25. The molecule has 0 heterocycles. The van der Waals surface area contributed by atoms with Crippen molar-refractivity contribution in [2.45, 2.75) is 6.42 Å². The largest absolute Gasteiger partial charge is 0.207 e. The summed E-state index contributed by atoms with van der Waals surface area (Å²) in [5.41, 5.74) is 1.39. The van der Waals surface area contributed by atoms with E-state index in [4.69, 9.17) is 0 Å². The molecule has 0 saturated carbocycles. The first-order valence-corrected chi connectivity index (χ1v) is 4.08. The van der Waals surface area contributed by atoms with Crippen LogP contribution in [-0.4, -0.2) is 0 Å². The first-order chi connectivity index (χ1) is 6.27. The quantitative estimate of drug-likeness (QED) is 0.618. The molecular formula is C11H8F2. The van der Waals surface area contributed by atoms with E-state index in [1.807, 2.05) is 18.2 Å². The molecule has 0 unspecified atom stereocenters. The Morgan fingerprint density at radius 2 is 2.00 bits per heavy atom. The summed E-state index contributed by atoms with van der Waals surface area (Å²) >= 11 is 0. The van der Waals surface area contributed by atoms with E-state index in [1.54, 1.807) is 0 Å². The summed E-state index contributed by atoms with van der Waals surface area (Å²) in [6, 6.07) is 3.66. The molecule has 0 amide bonds. The fourth-order valence-electron chi connectivity index (χ4n) is 1.40. The monoisotopic (exact) mass is 178 g/mol. The first kappa shape index (κ1) is 8.17. The van der Waals surface area contributed by atoms with Crippen molar-refractivity contribution >= 4 is 5.57 Å². The second-order valence-corrected chi connectivity index (χ2v) is 2.95. The molecule has 1 aliphatic rings. The molecule has 0 aromatic heterocycles. The highest BCUT2D eigenvalue weighted by atomic mass is 19.1. The lowest BCUT2D eigenvalue weighted by molar-refractivity contribution is 0.581.